The monoisotopic (exact) mass is 232 g/mol. The van der Waals surface area contributed by atoms with Gasteiger partial charge in [-0.25, -0.2) is 9.50 Å². The Morgan fingerprint density at radius 1 is 1.24 bits per heavy atom. The number of aromatic nitrogens is 4. The van der Waals surface area contributed by atoms with Crippen LogP contribution in [-0.4, -0.2) is 19.6 Å². The van der Waals surface area contributed by atoms with Crippen molar-refractivity contribution in [1.82, 2.24) is 19.6 Å². The fraction of sp³-hybridized carbons (Fsp3) is 0.615. The van der Waals surface area contributed by atoms with Crippen molar-refractivity contribution < 1.29 is 0 Å². The molecular weight excluding hydrogens is 212 g/mol. The van der Waals surface area contributed by atoms with Gasteiger partial charge in [-0.2, -0.15) is 10.1 Å². The first-order valence-electron chi connectivity index (χ1n) is 6.43. The summed E-state index contributed by atoms with van der Waals surface area (Å²) in [5.74, 6) is 2.07. The topological polar surface area (TPSA) is 43.1 Å². The van der Waals surface area contributed by atoms with E-state index in [-0.39, 0.29) is 0 Å². The van der Waals surface area contributed by atoms with E-state index in [9.17, 15) is 0 Å². The summed E-state index contributed by atoms with van der Waals surface area (Å²) in [5.41, 5.74) is 1.28. The third-order valence-electron chi connectivity index (χ3n) is 3.07. The highest BCUT2D eigenvalue weighted by atomic mass is 15.3. The Labute approximate surface area is 102 Å². The molecule has 0 aliphatic heterocycles. The van der Waals surface area contributed by atoms with E-state index < -0.39 is 0 Å². The van der Waals surface area contributed by atoms with Crippen molar-refractivity contribution in [2.45, 2.75) is 52.4 Å². The molecule has 0 saturated carbocycles. The minimum Gasteiger partial charge on any atom is -0.219 e. The van der Waals surface area contributed by atoms with Gasteiger partial charge in [-0.1, -0.05) is 26.7 Å². The van der Waals surface area contributed by atoms with E-state index in [0.717, 1.165) is 5.82 Å². The molecule has 0 unspecified atom stereocenters. The maximum atomic E-state index is 4.38. The van der Waals surface area contributed by atoms with Gasteiger partial charge in [-0.05, 0) is 31.2 Å². The Morgan fingerprint density at radius 2 is 1.94 bits per heavy atom. The summed E-state index contributed by atoms with van der Waals surface area (Å²) in [5, 5.41) is 4.32. The number of rotatable bonds is 5. The highest BCUT2D eigenvalue weighted by Crippen LogP contribution is 2.25. The average Bonchev–Trinajstić information content (AvgIpc) is 2.67. The molecule has 2 rings (SSSR count). The second-order valence-electron chi connectivity index (χ2n) is 4.57. The van der Waals surface area contributed by atoms with Crippen LogP contribution in [0.1, 0.15) is 56.8 Å². The lowest BCUT2D eigenvalue weighted by molar-refractivity contribution is 0.556. The zero-order chi connectivity index (χ0) is 12.3. The van der Waals surface area contributed by atoms with Gasteiger partial charge in [0.25, 0.3) is 5.78 Å². The van der Waals surface area contributed by atoms with E-state index in [2.05, 4.69) is 35.1 Å². The number of nitrogens with zero attached hydrogens (tertiary/aromatic N) is 4. The van der Waals surface area contributed by atoms with Gasteiger partial charge in [0.2, 0.25) is 0 Å². The molecule has 2 aromatic rings. The van der Waals surface area contributed by atoms with Gasteiger partial charge < -0.3 is 0 Å². The van der Waals surface area contributed by atoms with Gasteiger partial charge in [0.1, 0.15) is 5.82 Å². The second-order valence-corrected chi connectivity index (χ2v) is 4.57. The lowest BCUT2D eigenvalue weighted by atomic mass is 9.92. The molecule has 0 aromatic carbocycles. The Morgan fingerprint density at radius 3 is 2.59 bits per heavy atom. The van der Waals surface area contributed by atoms with Gasteiger partial charge in [-0.15, -0.1) is 0 Å². The number of aryl methyl sites for hydroxylation is 1. The molecule has 0 atom stereocenters. The van der Waals surface area contributed by atoms with Crippen LogP contribution in [0, 0.1) is 6.92 Å². The summed E-state index contributed by atoms with van der Waals surface area (Å²) >= 11 is 0. The fourth-order valence-electron chi connectivity index (χ4n) is 2.29. The van der Waals surface area contributed by atoms with Crippen molar-refractivity contribution in [3.63, 3.8) is 0 Å². The van der Waals surface area contributed by atoms with E-state index in [4.69, 9.17) is 0 Å². The summed E-state index contributed by atoms with van der Waals surface area (Å²) in [6.07, 6.45) is 8.89. The van der Waals surface area contributed by atoms with E-state index in [1.54, 1.807) is 4.52 Å². The van der Waals surface area contributed by atoms with Crippen LogP contribution in [0.5, 0.6) is 0 Å². The molecule has 17 heavy (non-hydrogen) atoms. The summed E-state index contributed by atoms with van der Waals surface area (Å²) in [6.45, 7) is 6.35. The number of fused-ring (bicyclic) bond motifs is 1. The van der Waals surface area contributed by atoms with Gasteiger partial charge >= 0.3 is 0 Å². The van der Waals surface area contributed by atoms with Gasteiger partial charge in [-0.3, -0.25) is 0 Å². The third-order valence-corrected chi connectivity index (χ3v) is 3.07. The van der Waals surface area contributed by atoms with Gasteiger partial charge in [0, 0.05) is 12.4 Å². The Hall–Kier alpha value is -1.45. The number of hydrogen-bond donors (Lipinski definition) is 0. The lowest BCUT2D eigenvalue weighted by Crippen LogP contribution is -2.02. The summed E-state index contributed by atoms with van der Waals surface area (Å²) < 4.78 is 1.79. The van der Waals surface area contributed by atoms with Crippen molar-refractivity contribution in [2.75, 3.05) is 0 Å². The van der Waals surface area contributed by atoms with Crippen molar-refractivity contribution in [1.29, 1.82) is 0 Å². The van der Waals surface area contributed by atoms with Gasteiger partial charge in [0.05, 0.1) is 0 Å². The second kappa shape index (κ2) is 5.25. The maximum Gasteiger partial charge on any atom is 0.252 e. The molecule has 0 amide bonds. The quantitative estimate of drug-likeness (QED) is 0.795. The first kappa shape index (κ1) is 12.0. The summed E-state index contributed by atoms with van der Waals surface area (Å²) in [7, 11) is 0. The molecule has 0 aliphatic carbocycles. The molecular formula is C13H20N4. The van der Waals surface area contributed by atoms with Crippen LogP contribution in [0.2, 0.25) is 0 Å². The SMILES string of the molecule is CCCC(CCC)c1cnc2nc(C)nn2c1. The smallest absolute Gasteiger partial charge is 0.219 e. The van der Waals surface area contributed by atoms with Crippen LogP contribution in [0.4, 0.5) is 0 Å². The average molecular weight is 232 g/mol. The predicted molar refractivity (Wildman–Crippen MR) is 68.1 cm³/mol. The standard InChI is InChI=1S/C13H20N4/c1-4-6-11(7-5-2)12-8-14-13-15-10(3)16-17(13)9-12/h8-9,11H,4-7H2,1-3H3. The molecule has 0 radical (unpaired) electrons. The van der Waals surface area contributed by atoms with Crippen molar-refractivity contribution in [3.8, 4) is 0 Å². The van der Waals surface area contributed by atoms with E-state index in [1.807, 2.05) is 13.1 Å². The molecule has 2 heterocycles. The molecule has 92 valence electrons. The lowest BCUT2D eigenvalue weighted by Gasteiger charge is -2.14. The molecule has 4 nitrogen and oxygen atoms in total. The molecule has 0 N–H and O–H groups in total. The highest BCUT2D eigenvalue weighted by molar-refractivity contribution is 5.28. The van der Waals surface area contributed by atoms with Crippen LogP contribution < -0.4 is 0 Å². The van der Waals surface area contributed by atoms with Crippen LogP contribution >= 0.6 is 0 Å². The van der Waals surface area contributed by atoms with Crippen LogP contribution in [0.25, 0.3) is 5.78 Å². The molecule has 0 saturated heterocycles. The Kier molecular flexibility index (Phi) is 3.71. The van der Waals surface area contributed by atoms with E-state index in [0.29, 0.717) is 11.7 Å². The van der Waals surface area contributed by atoms with Crippen molar-refractivity contribution >= 4 is 5.78 Å². The predicted octanol–water partition coefficient (Wildman–Crippen LogP) is 3.12. The third kappa shape index (κ3) is 2.62. The molecule has 0 spiro atoms. The zero-order valence-corrected chi connectivity index (χ0v) is 10.8. The van der Waals surface area contributed by atoms with E-state index >= 15 is 0 Å². The largest absolute Gasteiger partial charge is 0.252 e. The fourth-order valence-corrected chi connectivity index (χ4v) is 2.29. The first-order valence-corrected chi connectivity index (χ1v) is 6.43. The van der Waals surface area contributed by atoms with Crippen molar-refractivity contribution in [3.05, 3.63) is 23.8 Å². The molecule has 0 fully saturated rings. The summed E-state index contributed by atoms with van der Waals surface area (Å²) in [6, 6.07) is 0. The Bertz CT molecular complexity index is 483. The first-order chi connectivity index (χ1) is 8.24. The zero-order valence-electron chi connectivity index (χ0n) is 10.8. The normalized spacial score (nSPS) is 11.5. The highest BCUT2D eigenvalue weighted by Gasteiger charge is 2.12. The molecule has 4 heteroatoms. The Balaban J connectivity index is 2.32. The van der Waals surface area contributed by atoms with Crippen LogP contribution in [0.15, 0.2) is 12.4 Å². The minimum absolute atomic E-state index is 0.603. The van der Waals surface area contributed by atoms with Crippen molar-refractivity contribution in [2.24, 2.45) is 0 Å². The molecule has 2 aromatic heterocycles. The van der Waals surface area contributed by atoms with E-state index in [1.165, 1.54) is 31.2 Å². The van der Waals surface area contributed by atoms with Crippen LogP contribution in [-0.2, 0) is 0 Å². The number of hydrogen-bond acceptors (Lipinski definition) is 3. The summed E-state index contributed by atoms with van der Waals surface area (Å²) in [4.78, 5) is 8.62. The minimum atomic E-state index is 0.603. The molecule has 0 aliphatic rings. The maximum absolute atomic E-state index is 4.38. The molecule has 0 bridgehead atoms. The van der Waals surface area contributed by atoms with Gasteiger partial charge in [0.15, 0.2) is 0 Å². The van der Waals surface area contributed by atoms with Crippen LogP contribution in [0.3, 0.4) is 0 Å².